The van der Waals surface area contributed by atoms with Crippen LogP contribution in [0, 0.1) is 18.5 Å². The molecule has 0 saturated heterocycles. The molecule has 0 radical (unpaired) electrons. The van der Waals surface area contributed by atoms with Crippen molar-refractivity contribution < 1.29 is 0 Å². The Balaban J connectivity index is 2.28. The molecule has 0 atom stereocenters. The smallest absolute Gasteiger partial charge is 0.129 e. The largest absolute Gasteiger partial charge is 0.347 e. The molecule has 2 aromatic heterocycles. The van der Waals surface area contributed by atoms with Crippen molar-refractivity contribution in [1.82, 2.24) is 15.0 Å². The van der Waals surface area contributed by atoms with Crippen molar-refractivity contribution in [1.29, 1.82) is 0 Å². The topological polar surface area (TPSA) is 41.6 Å². The van der Waals surface area contributed by atoms with E-state index in [-0.39, 0.29) is 0 Å². The lowest BCUT2D eigenvalue weighted by molar-refractivity contribution is 0.923. The van der Waals surface area contributed by atoms with Crippen molar-refractivity contribution in [3.8, 4) is 0 Å². The lowest BCUT2D eigenvalue weighted by atomic mass is 10.4. The fourth-order valence-corrected chi connectivity index (χ4v) is 2.42. The van der Waals surface area contributed by atoms with Gasteiger partial charge in [-0.15, -0.1) is 11.3 Å². The average Bonchev–Trinajstić information content (AvgIpc) is 2.49. The maximum absolute atomic E-state index is 5.06. The summed E-state index contributed by atoms with van der Waals surface area (Å²) < 4.78 is 0.634. The lowest BCUT2D eigenvalue weighted by Crippen LogP contribution is -1.98. The Morgan fingerprint density at radius 3 is 2.80 bits per heavy atom. The molecule has 0 spiro atoms. The summed E-state index contributed by atoms with van der Waals surface area (Å²) in [6.45, 7) is 3.97. The summed E-state index contributed by atoms with van der Waals surface area (Å²) in [7, 11) is 0. The van der Waals surface area contributed by atoms with E-state index in [1.54, 1.807) is 11.3 Å². The molecule has 0 saturated carbocycles. The zero-order valence-electron chi connectivity index (χ0n) is 8.57. The second-order valence-corrected chi connectivity index (χ2v) is 4.77. The van der Waals surface area contributed by atoms with Crippen molar-refractivity contribution in [3.63, 3.8) is 0 Å². The Hall–Kier alpha value is -1.07. The first kappa shape index (κ1) is 10.4. The predicted molar refractivity (Wildman–Crippen MR) is 63.8 cm³/mol. The number of hydrogen-bond donors (Lipinski definition) is 1. The van der Waals surface area contributed by atoms with Gasteiger partial charge in [-0.05, 0) is 19.9 Å². The molecule has 0 bridgehead atoms. The van der Waals surface area contributed by atoms with E-state index in [1.165, 1.54) is 0 Å². The van der Waals surface area contributed by atoms with Crippen LogP contribution in [0.2, 0.25) is 0 Å². The maximum atomic E-state index is 5.06. The Morgan fingerprint density at radius 2 is 2.20 bits per heavy atom. The second-order valence-electron chi connectivity index (χ2n) is 3.41. The van der Waals surface area contributed by atoms with E-state index in [2.05, 4.69) is 15.0 Å². The van der Waals surface area contributed by atoms with Crippen molar-refractivity contribution in [2.45, 2.75) is 20.3 Å². The molecule has 0 aliphatic rings. The van der Waals surface area contributed by atoms with Crippen LogP contribution in [0.1, 0.15) is 22.2 Å². The van der Waals surface area contributed by atoms with Crippen LogP contribution in [0.4, 0.5) is 0 Å². The number of thiazole rings is 1. The highest BCUT2D eigenvalue weighted by molar-refractivity contribution is 7.71. The van der Waals surface area contributed by atoms with Gasteiger partial charge in [-0.3, -0.25) is 0 Å². The molecule has 3 nitrogen and oxygen atoms in total. The molecule has 78 valence electrons. The van der Waals surface area contributed by atoms with Gasteiger partial charge in [-0.25, -0.2) is 9.97 Å². The number of nitrogens with zero attached hydrogens (tertiary/aromatic N) is 2. The quantitative estimate of drug-likeness (QED) is 0.817. The van der Waals surface area contributed by atoms with Crippen molar-refractivity contribution >= 4 is 23.6 Å². The Morgan fingerprint density at radius 1 is 1.40 bits per heavy atom. The second kappa shape index (κ2) is 4.20. The summed E-state index contributed by atoms with van der Waals surface area (Å²) in [5.74, 6) is 0.884. The van der Waals surface area contributed by atoms with Gasteiger partial charge in [0.2, 0.25) is 0 Å². The number of rotatable bonds is 2. The number of H-pyrrole nitrogens is 1. The number of aromatic nitrogens is 3. The van der Waals surface area contributed by atoms with Crippen LogP contribution in [0.5, 0.6) is 0 Å². The van der Waals surface area contributed by atoms with Gasteiger partial charge in [0.25, 0.3) is 0 Å². The highest BCUT2D eigenvalue weighted by Crippen LogP contribution is 2.12. The van der Waals surface area contributed by atoms with Gasteiger partial charge in [-0.2, -0.15) is 0 Å². The maximum Gasteiger partial charge on any atom is 0.129 e. The zero-order chi connectivity index (χ0) is 10.8. The molecule has 0 aliphatic heterocycles. The molecular formula is C10H11N3S2. The zero-order valence-corrected chi connectivity index (χ0v) is 10.2. The minimum absolute atomic E-state index is 0.634. The summed E-state index contributed by atoms with van der Waals surface area (Å²) in [4.78, 5) is 11.8. The molecule has 2 rings (SSSR count). The van der Waals surface area contributed by atoms with Gasteiger partial charge in [0, 0.05) is 16.8 Å². The third-order valence-corrected chi connectivity index (χ3v) is 3.09. The normalized spacial score (nSPS) is 10.5. The fraction of sp³-hybridized carbons (Fsp3) is 0.300. The van der Waals surface area contributed by atoms with Gasteiger partial charge >= 0.3 is 0 Å². The first-order valence-corrected chi connectivity index (χ1v) is 5.90. The third-order valence-electron chi connectivity index (χ3n) is 1.91. The molecular weight excluding hydrogens is 226 g/mol. The summed E-state index contributed by atoms with van der Waals surface area (Å²) >= 11 is 6.71. The molecule has 15 heavy (non-hydrogen) atoms. The third kappa shape index (κ3) is 2.70. The monoisotopic (exact) mass is 237 g/mol. The van der Waals surface area contributed by atoms with Crippen LogP contribution in [0.25, 0.3) is 0 Å². The Labute approximate surface area is 97.2 Å². The van der Waals surface area contributed by atoms with E-state index in [0.717, 1.165) is 28.6 Å². The van der Waals surface area contributed by atoms with Gasteiger partial charge in [0.1, 0.15) is 15.5 Å². The predicted octanol–water partition coefficient (Wildman–Crippen LogP) is 2.80. The van der Waals surface area contributed by atoms with Crippen LogP contribution in [0.3, 0.4) is 0 Å². The first-order chi connectivity index (χ1) is 7.13. The number of nitrogens with one attached hydrogen (secondary N) is 1. The van der Waals surface area contributed by atoms with E-state index < -0.39 is 0 Å². The summed E-state index contributed by atoms with van der Waals surface area (Å²) in [5, 5.41) is 3.11. The molecule has 0 amide bonds. The van der Waals surface area contributed by atoms with Crippen molar-refractivity contribution in [2.24, 2.45) is 0 Å². The van der Waals surface area contributed by atoms with Gasteiger partial charge < -0.3 is 4.98 Å². The van der Waals surface area contributed by atoms with Gasteiger partial charge in [-0.1, -0.05) is 12.2 Å². The van der Waals surface area contributed by atoms with Gasteiger partial charge in [0.05, 0.1) is 6.42 Å². The Kier molecular flexibility index (Phi) is 2.93. The van der Waals surface area contributed by atoms with E-state index in [1.807, 2.05) is 25.3 Å². The van der Waals surface area contributed by atoms with Gasteiger partial charge in [0.15, 0.2) is 0 Å². The standard InChI is InChI=1S/C10H11N3S2/c1-6-3-9(14)13-8(11-6)4-10-12-7(2)5-15-10/h3,5H,4H2,1-2H3,(H,11,13,14). The SMILES string of the molecule is Cc1csc(Cc2nc(=S)cc(C)[nH]2)n1. The van der Waals surface area contributed by atoms with Crippen LogP contribution in [-0.4, -0.2) is 15.0 Å². The minimum atomic E-state index is 0.634. The minimum Gasteiger partial charge on any atom is -0.347 e. The molecule has 0 aromatic carbocycles. The molecule has 2 aromatic rings. The molecule has 1 N–H and O–H groups in total. The molecule has 0 aliphatic carbocycles. The van der Waals surface area contributed by atoms with Crippen LogP contribution in [-0.2, 0) is 6.42 Å². The van der Waals surface area contributed by atoms with Crippen molar-refractivity contribution in [2.75, 3.05) is 0 Å². The molecule has 2 heterocycles. The highest BCUT2D eigenvalue weighted by atomic mass is 32.1. The highest BCUT2D eigenvalue weighted by Gasteiger charge is 2.02. The lowest BCUT2D eigenvalue weighted by Gasteiger charge is -1.99. The molecule has 0 unspecified atom stereocenters. The van der Waals surface area contributed by atoms with E-state index >= 15 is 0 Å². The van der Waals surface area contributed by atoms with Crippen LogP contribution < -0.4 is 0 Å². The molecule has 0 fully saturated rings. The van der Waals surface area contributed by atoms with Crippen LogP contribution in [0.15, 0.2) is 11.4 Å². The number of hydrogen-bond acceptors (Lipinski definition) is 4. The van der Waals surface area contributed by atoms with E-state index in [0.29, 0.717) is 4.64 Å². The number of aromatic amines is 1. The van der Waals surface area contributed by atoms with Crippen LogP contribution >= 0.6 is 23.6 Å². The number of aryl methyl sites for hydroxylation is 2. The van der Waals surface area contributed by atoms with Crippen molar-refractivity contribution in [3.05, 3.63) is 38.3 Å². The fourth-order valence-electron chi connectivity index (χ4n) is 1.35. The Bertz CT molecular complexity index is 527. The summed E-state index contributed by atoms with van der Waals surface area (Å²) in [5.41, 5.74) is 2.10. The van der Waals surface area contributed by atoms with E-state index in [9.17, 15) is 0 Å². The van der Waals surface area contributed by atoms with E-state index in [4.69, 9.17) is 12.2 Å². The first-order valence-electron chi connectivity index (χ1n) is 4.61. The summed E-state index contributed by atoms with van der Waals surface area (Å²) in [6, 6.07) is 1.85. The summed E-state index contributed by atoms with van der Waals surface area (Å²) in [6.07, 6.45) is 0.726. The molecule has 5 heteroatoms. The average molecular weight is 237 g/mol.